The first-order chi connectivity index (χ1) is 11.3. The number of rotatable bonds is 7. The van der Waals surface area contributed by atoms with Crippen molar-refractivity contribution in [1.82, 2.24) is 10.6 Å². The predicted molar refractivity (Wildman–Crippen MR) is 95.3 cm³/mol. The number of amides is 1. The van der Waals surface area contributed by atoms with Crippen LogP contribution in [0.5, 0.6) is 5.75 Å². The number of hydrogen-bond acceptors (Lipinski definition) is 4. The van der Waals surface area contributed by atoms with Crippen molar-refractivity contribution in [1.29, 1.82) is 0 Å². The quantitative estimate of drug-likeness (QED) is 0.796. The predicted octanol–water partition coefficient (Wildman–Crippen LogP) is 3.79. The van der Waals surface area contributed by atoms with Crippen molar-refractivity contribution < 1.29 is 14.3 Å². The maximum Gasteiger partial charge on any atom is 0.407 e. The average Bonchev–Trinajstić information content (AvgIpc) is 3.20. The lowest BCUT2D eigenvalue weighted by Crippen LogP contribution is -2.37. The topological polar surface area (TPSA) is 59.6 Å². The van der Waals surface area contributed by atoms with Crippen molar-refractivity contribution in [2.45, 2.75) is 71.2 Å². The smallest absolute Gasteiger partial charge is 0.407 e. The molecular weight excluding hydrogens is 304 g/mol. The highest BCUT2D eigenvalue weighted by molar-refractivity contribution is 5.68. The van der Waals surface area contributed by atoms with E-state index < -0.39 is 5.60 Å². The molecule has 1 amide bonds. The minimum atomic E-state index is -0.462. The molecule has 1 aliphatic carbocycles. The number of hydrogen-bond donors (Lipinski definition) is 2. The summed E-state index contributed by atoms with van der Waals surface area (Å²) in [4.78, 5) is 11.8. The Hall–Kier alpha value is -1.75. The van der Waals surface area contributed by atoms with Gasteiger partial charge in [0, 0.05) is 18.1 Å². The summed E-state index contributed by atoms with van der Waals surface area (Å²) in [5.41, 5.74) is 0.748. The molecule has 1 aromatic carbocycles. The number of benzene rings is 1. The van der Waals surface area contributed by atoms with Crippen molar-refractivity contribution in [2.75, 3.05) is 6.61 Å². The van der Waals surface area contributed by atoms with Crippen LogP contribution in [0.25, 0.3) is 0 Å². The fraction of sp³-hybridized carbons (Fsp3) is 0.632. The molecule has 24 heavy (non-hydrogen) atoms. The van der Waals surface area contributed by atoms with Crippen LogP contribution in [-0.4, -0.2) is 30.4 Å². The van der Waals surface area contributed by atoms with Gasteiger partial charge in [-0.2, -0.15) is 0 Å². The van der Waals surface area contributed by atoms with Gasteiger partial charge in [-0.05, 0) is 58.2 Å². The van der Waals surface area contributed by atoms with Crippen molar-refractivity contribution in [3.8, 4) is 5.75 Å². The van der Waals surface area contributed by atoms with Gasteiger partial charge in [0.15, 0.2) is 0 Å². The molecule has 3 atom stereocenters. The zero-order valence-electron chi connectivity index (χ0n) is 15.4. The molecule has 1 fully saturated rings. The van der Waals surface area contributed by atoms with Crippen molar-refractivity contribution in [3.63, 3.8) is 0 Å². The van der Waals surface area contributed by atoms with Gasteiger partial charge < -0.3 is 20.1 Å². The molecule has 0 bridgehead atoms. The second kappa shape index (κ2) is 7.88. The molecule has 0 spiro atoms. The fourth-order valence-corrected chi connectivity index (χ4v) is 2.49. The molecule has 0 saturated heterocycles. The molecule has 2 N–H and O–H groups in total. The number of nitrogens with one attached hydrogen (secondary N) is 2. The Morgan fingerprint density at radius 2 is 1.92 bits per heavy atom. The third-order valence-electron chi connectivity index (χ3n) is 3.81. The van der Waals surface area contributed by atoms with Gasteiger partial charge in [0.1, 0.15) is 11.4 Å². The highest BCUT2D eigenvalue weighted by Gasteiger charge is 2.40. The second-order valence-corrected chi connectivity index (χ2v) is 7.40. The molecule has 0 heterocycles. The van der Waals surface area contributed by atoms with Crippen LogP contribution in [0.15, 0.2) is 24.3 Å². The Balaban J connectivity index is 1.75. The number of alkyl carbamates (subject to hydrolysis) is 1. The Labute approximate surface area is 145 Å². The summed E-state index contributed by atoms with van der Waals surface area (Å²) in [6.45, 7) is 10.6. The van der Waals surface area contributed by atoms with E-state index in [9.17, 15) is 4.79 Å². The van der Waals surface area contributed by atoms with Crippen molar-refractivity contribution in [2.24, 2.45) is 0 Å². The van der Waals surface area contributed by atoms with Gasteiger partial charge in [-0.25, -0.2) is 4.79 Å². The van der Waals surface area contributed by atoms with E-state index >= 15 is 0 Å². The molecule has 5 heteroatoms. The Morgan fingerprint density at radius 3 is 2.50 bits per heavy atom. The van der Waals surface area contributed by atoms with Gasteiger partial charge in [-0.1, -0.05) is 19.1 Å². The molecule has 134 valence electrons. The van der Waals surface area contributed by atoms with Gasteiger partial charge in [0.05, 0.1) is 6.61 Å². The summed E-state index contributed by atoms with van der Waals surface area (Å²) in [5.74, 6) is 0.906. The van der Waals surface area contributed by atoms with E-state index in [0.29, 0.717) is 6.04 Å². The van der Waals surface area contributed by atoms with Crippen LogP contribution in [0.3, 0.4) is 0 Å². The lowest BCUT2D eigenvalue weighted by Gasteiger charge is -2.20. The highest BCUT2D eigenvalue weighted by Crippen LogP contribution is 2.26. The molecular formula is C19H30N2O3. The summed E-state index contributed by atoms with van der Waals surface area (Å²) >= 11 is 0. The van der Waals surface area contributed by atoms with Crippen LogP contribution in [0.4, 0.5) is 4.79 Å². The zero-order chi connectivity index (χ0) is 17.7. The number of carbonyl (C=O) groups is 1. The maximum atomic E-state index is 11.8. The van der Waals surface area contributed by atoms with E-state index in [0.717, 1.165) is 25.2 Å². The lowest BCUT2D eigenvalue weighted by atomic mass is 10.1. The molecule has 3 unspecified atom stereocenters. The molecule has 0 aromatic heterocycles. The van der Waals surface area contributed by atoms with Gasteiger partial charge in [-0.15, -0.1) is 0 Å². The van der Waals surface area contributed by atoms with E-state index in [1.165, 1.54) is 5.56 Å². The fourth-order valence-electron chi connectivity index (χ4n) is 2.49. The standard InChI is InChI=1S/C19H30N2O3/c1-6-11-23-15-9-7-14(8-10-15)13(2)20-16-12-17(16)21-18(22)24-19(3,4)5/h7-10,13,16-17,20H,6,11-12H2,1-5H3,(H,21,22). The van der Waals surface area contributed by atoms with Crippen LogP contribution >= 0.6 is 0 Å². The minimum absolute atomic E-state index is 0.148. The first-order valence-electron chi connectivity index (χ1n) is 8.77. The van der Waals surface area contributed by atoms with Crippen LogP contribution in [0.2, 0.25) is 0 Å². The zero-order valence-corrected chi connectivity index (χ0v) is 15.4. The van der Waals surface area contributed by atoms with E-state index in [1.54, 1.807) is 0 Å². The first-order valence-corrected chi connectivity index (χ1v) is 8.77. The summed E-state index contributed by atoms with van der Waals surface area (Å²) < 4.78 is 10.9. The van der Waals surface area contributed by atoms with Crippen LogP contribution < -0.4 is 15.4 Å². The van der Waals surface area contributed by atoms with E-state index in [-0.39, 0.29) is 18.2 Å². The van der Waals surface area contributed by atoms with Gasteiger partial charge in [0.2, 0.25) is 0 Å². The van der Waals surface area contributed by atoms with Crippen LogP contribution in [0, 0.1) is 0 Å². The Morgan fingerprint density at radius 1 is 1.25 bits per heavy atom. The molecule has 1 aromatic rings. The average molecular weight is 334 g/mol. The molecule has 5 nitrogen and oxygen atoms in total. The highest BCUT2D eigenvalue weighted by atomic mass is 16.6. The summed E-state index contributed by atoms with van der Waals surface area (Å²) in [7, 11) is 0. The van der Waals surface area contributed by atoms with Crippen molar-refractivity contribution in [3.05, 3.63) is 29.8 Å². The second-order valence-electron chi connectivity index (χ2n) is 7.40. The van der Waals surface area contributed by atoms with Gasteiger partial charge in [0.25, 0.3) is 0 Å². The third kappa shape index (κ3) is 6.04. The minimum Gasteiger partial charge on any atom is -0.494 e. The molecule has 1 saturated carbocycles. The van der Waals surface area contributed by atoms with Crippen molar-refractivity contribution >= 4 is 6.09 Å². The maximum absolute atomic E-state index is 11.8. The van der Waals surface area contributed by atoms with Crippen LogP contribution in [0.1, 0.15) is 59.1 Å². The Bertz CT molecular complexity index is 537. The van der Waals surface area contributed by atoms with Gasteiger partial charge >= 0.3 is 6.09 Å². The van der Waals surface area contributed by atoms with E-state index in [2.05, 4.69) is 36.6 Å². The first kappa shape index (κ1) is 18.6. The van der Waals surface area contributed by atoms with Crippen LogP contribution in [-0.2, 0) is 4.74 Å². The summed E-state index contributed by atoms with van der Waals surface area (Å²) in [6, 6.07) is 8.85. The largest absolute Gasteiger partial charge is 0.494 e. The summed E-state index contributed by atoms with van der Waals surface area (Å²) in [5, 5.41) is 6.45. The lowest BCUT2D eigenvalue weighted by molar-refractivity contribution is 0.0522. The van der Waals surface area contributed by atoms with E-state index in [4.69, 9.17) is 9.47 Å². The summed E-state index contributed by atoms with van der Waals surface area (Å²) in [6.07, 6.45) is 1.59. The molecule has 0 radical (unpaired) electrons. The van der Waals surface area contributed by atoms with E-state index in [1.807, 2.05) is 32.9 Å². The third-order valence-corrected chi connectivity index (χ3v) is 3.81. The number of carbonyl (C=O) groups excluding carboxylic acids is 1. The monoisotopic (exact) mass is 334 g/mol. The number of ether oxygens (including phenoxy) is 2. The molecule has 1 aliphatic rings. The molecule has 0 aliphatic heterocycles. The SMILES string of the molecule is CCCOc1ccc(C(C)NC2CC2NC(=O)OC(C)(C)C)cc1. The normalized spacial score (nSPS) is 21.0. The Kier molecular flexibility index (Phi) is 6.10. The van der Waals surface area contributed by atoms with Gasteiger partial charge in [-0.3, -0.25) is 0 Å². The molecule has 2 rings (SSSR count).